The molecule has 2 nitrogen and oxygen atoms in total. The van der Waals surface area contributed by atoms with Crippen molar-refractivity contribution in [3.63, 3.8) is 0 Å². The van der Waals surface area contributed by atoms with Crippen LogP contribution in [0, 0.1) is 0 Å². The summed E-state index contributed by atoms with van der Waals surface area (Å²) in [5.41, 5.74) is 1.73. The standard InChI is InChI=1S/C19H16O2/c20-19(15-7-3-1-4-8-15)16-11-13-18(14-12-16)21-17-9-5-2-6-10-17/h1-14,19-20H. The Morgan fingerprint density at radius 3 is 1.67 bits per heavy atom. The molecule has 0 aromatic heterocycles. The molecule has 0 radical (unpaired) electrons. The van der Waals surface area contributed by atoms with E-state index in [0.717, 1.165) is 22.6 Å². The second-order valence-electron chi connectivity index (χ2n) is 4.80. The van der Waals surface area contributed by atoms with Gasteiger partial charge in [0.05, 0.1) is 0 Å². The molecule has 0 aliphatic heterocycles. The molecule has 0 aliphatic carbocycles. The maximum absolute atomic E-state index is 10.3. The molecule has 1 N–H and O–H groups in total. The molecular weight excluding hydrogens is 260 g/mol. The summed E-state index contributed by atoms with van der Waals surface area (Å²) in [5, 5.41) is 10.3. The highest BCUT2D eigenvalue weighted by Crippen LogP contribution is 2.26. The van der Waals surface area contributed by atoms with Crippen LogP contribution < -0.4 is 4.74 Å². The molecule has 3 aromatic carbocycles. The molecule has 3 aromatic rings. The maximum Gasteiger partial charge on any atom is 0.127 e. The van der Waals surface area contributed by atoms with E-state index in [0.29, 0.717) is 0 Å². The number of benzene rings is 3. The molecule has 2 heteroatoms. The van der Waals surface area contributed by atoms with Gasteiger partial charge in [0.25, 0.3) is 0 Å². The average Bonchev–Trinajstić information content (AvgIpc) is 2.57. The van der Waals surface area contributed by atoms with Crippen LogP contribution in [0.4, 0.5) is 0 Å². The number of aliphatic hydroxyl groups excluding tert-OH is 1. The third-order valence-corrected chi connectivity index (χ3v) is 3.29. The molecule has 0 heterocycles. The number of rotatable bonds is 4. The number of ether oxygens (including phenoxy) is 1. The third-order valence-electron chi connectivity index (χ3n) is 3.29. The minimum absolute atomic E-state index is 0.614. The van der Waals surface area contributed by atoms with E-state index in [2.05, 4.69) is 0 Å². The zero-order chi connectivity index (χ0) is 14.5. The number of hydrogen-bond acceptors (Lipinski definition) is 2. The van der Waals surface area contributed by atoms with Gasteiger partial charge < -0.3 is 9.84 Å². The lowest BCUT2D eigenvalue weighted by Crippen LogP contribution is -1.98. The minimum atomic E-state index is -0.614. The SMILES string of the molecule is OC(c1ccccc1)c1ccc(Oc2ccccc2)cc1. The van der Waals surface area contributed by atoms with Crippen molar-refractivity contribution < 1.29 is 9.84 Å². The predicted octanol–water partition coefficient (Wildman–Crippen LogP) is 4.56. The van der Waals surface area contributed by atoms with Crippen molar-refractivity contribution in [2.75, 3.05) is 0 Å². The summed E-state index contributed by atoms with van der Waals surface area (Å²) in [4.78, 5) is 0. The van der Waals surface area contributed by atoms with E-state index in [9.17, 15) is 5.11 Å². The van der Waals surface area contributed by atoms with Crippen molar-refractivity contribution in [3.05, 3.63) is 96.1 Å². The summed E-state index contributed by atoms with van der Waals surface area (Å²) in [7, 11) is 0. The van der Waals surface area contributed by atoms with Crippen molar-refractivity contribution in [3.8, 4) is 11.5 Å². The topological polar surface area (TPSA) is 29.5 Å². The van der Waals surface area contributed by atoms with Gasteiger partial charge in [0.2, 0.25) is 0 Å². The first-order chi connectivity index (χ1) is 10.3. The average molecular weight is 276 g/mol. The third kappa shape index (κ3) is 3.30. The van der Waals surface area contributed by atoms with Gasteiger partial charge in [-0.3, -0.25) is 0 Å². The van der Waals surface area contributed by atoms with Gasteiger partial charge in [-0.15, -0.1) is 0 Å². The second kappa shape index (κ2) is 6.25. The summed E-state index contributed by atoms with van der Waals surface area (Å²) < 4.78 is 5.74. The molecular formula is C19H16O2. The Balaban J connectivity index is 1.75. The van der Waals surface area contributed by atoms with Gasteiger partial charge in [-0.2, -0.15) is 0 Å². The molecule has 1 unspecified atom stereocenters. The van der Waals surface area contributed by atoms with Crippen molar-refractivity contribution in [2.24, 2.45) is 0 Å². The molecule has 0 amide bonds. The molecule has 0 saturated carbocycles. The largest absolute Gasteiger partial charge is 0.457 e. The highest BCUT2D eigenvalue weighted by Gasteiger charge is 2.09. The highest BCUT2D eigenvalue weighted by atomic mass is 16.5. The van der Waals surface area contributed by atoms with Gasteiger partial charge in [-0.1, -0.05) is 60.7 Å². The highest BCUT2D eigenvalue weighted by molar-refractivity contribution is 5.36. The maximum atomic E-state index is 10.3. The lowest BCUT2D eigenvalue weighted by atomic mass is 10.0. The molecule has 0 saturated heterocycles. The smallest absolute Gasteiger partial charge is 0.127 e. The van der Waals surface area contributed by atoms with Crippen LogP contribution in [0.15, 0.2) is 84.9 Å². The molecule has 0 aliphatic rings. The van der Waals surface area contributed by atoms with E-state index in [1.165, 1.54) is 0 Å². The van der Waals surface area contributed by atoms with Crippen LogP contribution >= 0.6 is 0 Å². The Kier molecular flexibility index (Phi) is 3.99. The lowest BCUT2D eigenvalue weighted by Gasteiger charge is -2.12. The number of aliphatic hydroxyl groups is 1. The van der Waals surface area contributed by atoms with E-state index in [4.69, 9.17) is 4.74 Å². The first kappa shape index (κ1) is 13.4. The van der Waals surface area contributed by atoms with Gasteiger partial charge in [-0.25, -0.2) is 0 Å². The van der Waals surface area contributed by atoms with E-state index in [-0.39, 0.29) is 0 Å². The van der Waals surface area contributed by atoms with Crippen LogP contribution in [0.5, 0.6) is 11.5 Å². The van der Waals surface area contributed by atoms with Crippen LogP contribution in [-0.4, -0.2) is 5.11 Å². The molecule has 104 valence electrons. The fraction of sp³-hybridized carbons (Fsp3) is 0.0526. The van der Waals surface area contributed by atoms with Gasteiger partial charge in [0, 0.05) is 0 Å². The van der Waals surface area contributed by atoms with Crippen LogP contribution in [0.3, 0.4) is 0 Å². The van der Waals surface area contributed by atoms with E-state index in [1.807, 2.05) is 84.9 Å². The van der Waals surface area contributed by atoms with Gasteiger partial charge >= 0.3 is 0 Å². The van der Waals surface area contributed by atoms with Crippen molar-refractivity contribution >= 4 is 0 Å². The molecule has 0 bridgehead atoms. The first-order valence-electron chi connectivity index (χ1n) is 6.89. The first-order valence-corrected chi connectivity index (χ1v) is 6.89. The molecule has 0 spiro atoms. The Morgan fingerprint density at radius 1 is 0.571 bits per heavy atom. The Morgan fingerprint density at radius 2 is 1.05 bits per heavy atom. The van der Waals surface area contributed by atoms with Gasteiger partial charge in [0.1, 0.15) is 17.6 Å². The van der Waals surface area contributed by atoms with E-state index < -0.39 is 6.10 Å². The van der Waals surface area contributed by atoms with Crippen molar-refractivity contribution in [2.45, 2.75) is 6.10 Å². The fourth-order valence-corrected chi connectivity index (χ4v) is 2.17. The van der Waals surface area contributed by atoms with Crippen molar-refractivity contribution in [1.29, 1.82) is 0 Å². The summed E-state index contributed by atoms with van der Waals surface area (Å²) >= 11 is 0. The predicted molar refractivity (Wildman–Crippen MR) is 83.5 cm³/mol. The monoisotopic (exact) mass is 276 g/mol. The normalized spacial score (nSPS) is 11.9. The van der Waals surface area contributed by atoms with Crippen LogP contribution in [0.2, 0.25) is 0 Å². The summed E-state index contributed by atoms with van der Waals surface area (Å²) in [6.45, 7) is 0. The second-order valence-corrected chi connectivity index (χ2v) is 4.80. The van der Waals surface area contributed by atoms with E-state index >= 15 is 0 Å². The molecule has 1 atom stereocenters. The lowest BCUT2D eigenvalue weighted by molar-refractivity contribution is 0.220. The fourth-order valence-electron chi connectivity index (χ4n) is 2.17. The van der Waals surface area contributed by atoms with Crippen LogP contribution in [0.1, 0.15) is 17.2 Å². The number of hydrogen-bond donors (Lipinski definition) is 1. The molecule has 0 fully saturated rings. The minimum Gasteiger partial charge on any atom is -0.457 e. The van der Waals surface area contributed by atoms with Crippen molar-refractivity contribution in [1.82, 2.24) is 0 Å². The Hall–Kier alpha value is -2.58. The Bertz CT molecular complexity index is 676. The quantitative estimate of drug-likeness (QED) is 0.757. The van der Waals surface area contributed by atoms with Crippen LogP contribution in [-0.2, 0) is 0 Å². The van der Waals surface area contributed by atoms with Gasteiger partial charge in [0.15, 0.2) is 0 Å². The summed E-state index contributed by atoms with van der Waals surface area (Å²) in [6, 6.07) is 26.8. The van der Waals surface area contributed by atoms with E-state index in [1.54, 1.807) is 0 Å². The number of para-hydroxylation sites is 1. The summed E-state index contributed by atoms with van der Waals surface area (Å²) in [5.74, 6) is 1.55. The van der Waals surface area contributed by atoms with Crippen LogP contribution in [0.25, 0.3) is 0 Å². The summed E-state index contributed by atoms with van der Waals surface area (Å²) in [6.07, 6.45) is -0.614. The Labute approximate surface area is 124 Å². The molecule has 3 rings (SSSR count). The molecule has 21 heavy (non-hydrogen) atoms. The zero-order valence-electron chi connectivity index (χ0n) is 11.5. The zero-order valence-corrected chi connectivity index (χ0v) is 11.5. The van der Waals surface area contributed by atoms with Gasteiger partial charge in [-0.05, 0) is 35.4 Å².